The number of hydrogen-bond donors (Lipinski definition) is 1. The Morgan fingerprint density at radius 2 is 2.33 bits per heavy atom. The summed E-state index contributed by atoms with van der Waals surface area (Å²) in [5, 5.41) is 3.90. The predicted octanol–water partition coefficient (Wildman–Crippen LogP) is 1.32. The van der Waals surface area contributed by atoms with E-state index in [1.807, 2.05) is 0 Å². The molecule has 1 aromatic heterocycles. The first kappa shape index (κ1) is 11.9. The van der Waals surface area contributed by atoms with Crippen molar-refractivity contribution in [1.82, 2.24) is 9.36 Å². The zero-order chi connectivity index (χ0) is 11.3. The highest BCUT2D eigenvalue weighted by Gasteiger charge is 2.09. The molecule has 6 heteroatoms. The third-order valence-corrected chi connectivity index (χ3v) is 2.37. The minimum Gasteiger partial charge on any atom is -0.469 e. The first-order valence-electron chi connectivity index (χ1n) is 4.75. The van der Waals surface area contributed by atoms with Crippen molar-refractivity contribution in [3.05, 3.63) is 5.82 Å². The molecule has 1 aromatic rings. The first-order chi connectivity index (χ1) is 7.11. The van der Waals surface area contributed by atoms with Gasteiger partial charge in [0.1, 0.15) is 6.42 Å². The molecule has 0 aliphatic carbocycles. The molecule has 1 heterocycles. The van der Waals surface area contributed by atoms with Crippen molar-refractivity contribution in [3.63, 3.8) is 0 Å². The predicted molar refractivity (Wildman–Crippen MR) is 59.0 cm³/mol. The Kier molecular flexibility index (Phi) is 4.48. The van der Waals surface area contributed by atoms with Crippen LogP contribution in [0.15, 0.2) is 0 Å². The molecule has 1 rings (SSSR count). The van der Waals surface area contributed by atoms with E-state index in [0.717, 1.165) is 11.7 Å². The maximum absolute atomic E-state index is 10.9. The summed E-state index contributed by atoms with van der Waals surface area (Å²) in [5.41, 5.74) is 0. The van der Waals surface area contributed by atoms with Crippen LogP contribution in [-0.4, -0.2) is 29.0 Å². The molecule has 0 aromatic carbocycles. The van der Waals surface area contributed by atoms with Gasteiger partial charge in [-0.3, -0.25) is 4.79 Å². The molecule has 15 heavy (non-hydrogen) atoms. The van der Waals surface area contributed by atoms with Crippen LogP contribution in [0.3, 0.4) is 0 Å². The number of esters is 1. The Labute approximate surface area is 93.0 Å². The maximum atomic E-state index is 10.9. The van der Waals surface area contributed by atoms with Crippen molar-refractivity contribution >= 4 is 22.6 Å². The second kappa shape index (κ2) is 5.65. The van der Waals surface area contributed by atoms with E-state index in [1.165, 1.54) is 18.6 Å². The van der Waals surface area contributed by atoms with Crippen molar-refractivity contribution in [2.75, 3.05) is 19.0 Å². The van der Waals surface area contributed by atoms with E-state index in [-0.39, 0.29) is 12.4 Å². The van der Waals surface area contributed by atoms with Crippen LogP contribution in [0.5, 0.6) is 0 Å². The van der Waals surface area contributed by atoms with Crippen LogP contribution in [-0.2, 0) is 16.0 Å². The zero-order valence-corrected chi connectivity index (χ0v) is 9.93. The van der Waals surface area contributed by atoms with Crippen molar-refractivity contribution in [1.29, 1.82) is 0 Å². The topological polar surface area (TPSA) is 64.1 Å². The van der Waals surface area contributed by atoms with Crippen LogP contribution >= 0.6 is 11.5 Å². The highest BCUT2D eigenvalue weighted by molar-refractivity contribution is 7.09. The summed E-state index contributed by atoms with van der Waals surface area (Å²) in [4.78, 5) is 15.1. The molecule has 0 unspecified atom stereocenters. The van der Waals surface area contributed by atoms with E-state index in [0.29, 0.717) is 11.7 Å². The SMILES string of the molecule is COC(=O)Cc1nsc(NCC(C)C)n1. The van der Waals surface area contributed by atoms with E-state index >= 15 is 0 Å². The number of methoxy groups -OCH3 is 1. The monoisotopic (exact) mass is 229 g/mol. The Morgan fingerprint density at radius 3 is 2.93 bits per heavy atom. The van der Waals surface area contributed by atoms with Gasteiger partial charge in [-0.15, -0.1) is 0 Å². The molecule has 0 saturated carbocycles. The molecule has 0 saturated heterocycles. The van der Waals surface area contributed by atoms with Crippen LogP contribution in [0, 0.1) is 5.92 Å². The van der Waals surface area contributed by atoms with Gasteiger partial charge in [0.25, 0.3) is 0 Å². The lowest BCUT2D eigenvalue weighted by Gasteiger charge is -2.03. The molecular weight excluding hydrogens is 214 g/mol. The molecule has 0 aliphatic heterocycles. The van der Waals surface area contributed by atoms with Crippen LogP contribution in [0.2, 0.25) is 0 Å². The average molecular weight is 229 g/mol. The van der Waals surface area contributed by atoms with Gasteiger partial charge in [0.05, 0.1) is 7.11 Å². The summed E-state index contributed by atoms with van der Waals surface area (Å²) >= 11 is 1.26. The van der Waals surface area contributed by atoms with Gasteiger partial charge in [-0.25, -0.2) is 4.98 Å². The molecule has 0 amide bonds. The zero-order valence-electron chi connectivity index (χ0n) is 9.11. The summed E-state index contributed by atoms with van der Waals surface area (Å²) in [7, 11) is 1.35. The van der Waals surface area contributed by atoms with Crippen molar-refractivity contribution in [2.24, 2.45) is 5.92 Å². The minimum absolute atomic E-state index is 0.135. The number of ether oxygens (including phenoxy) is 1. The fourth-order valence-electron chi connectivity index (χ4n) is 0.890. The molecule has 0 fully saturated rings. The molecule has 0 aliphatic rings. The molecule has 5 nitrogen and oxygen atoms in total. The molecule has 0 atom stereocenters. The van der Waals surface area contributed by atoms with Gasteiger partial charge >= 0.3 is 5.97 Å². The van der Waals surface area contributed by atoms with Crippen molar-refractivity contribution in [2.45, 2.75) is 20.3 Å². The van der Waals surface area contributed by atoms with Crippen LogP contribution in [0.4, 0.5) is 5.13 Å². The number of carbonyl (C=O) groups excluding carboxylic acids is 1. The summed E-state index contributed by atoms with van der Waals surface area (Å²) in [5.74, 6) is 0.749. The van der Waals surface area contributed by atoms with E-state index in [1.54, 1.807) is 0 Å². The Balaban J connectivity index is 2.45. The van der Waals surface area contributed by atoms with E-state index in [9.17, 15) is 4.79 Å². The Hall–Kier alpha value is -1.17. The van der Waals surface area contributed by atoms with Gasteiger partial charge in [0, 0.05) is 18.1 Å². The standard InChI is InChI=1S/C9H15N3O2S/c1-6(2)5-10-9-11-7(12-15-9)4-8(13)14-3/h6H,4-5H2,1-3H3,(H,10,11,12). The smallest absolute Gasteiger partial charge is 0.313 e. The van der Waals surface area contributed by atoms with E-state index in [2.05, 4.69) is 33.3 Å². The van der Waals surface area contributed by atoms with Gasteiger partial charge in [-0.05, 0) is 5.92 Å². The van der Waals surface area contributed by atoms with Crippen molar-refractivity contribution in [3.8, 4) is 0 Å². The van der Waals surface area contributed by atoms with E-state index < -0.39 is 0 Å². The van der Waals surface area contributed by atoms with Gasteiger partial charge < -0.3 is 10.1 Å². The molecule has 0 spiro atoms. The van der Waals surface area contributed by atoms with Gasteiger partial charge in [0.2, 0.25) is 5.13 Å². The number of hydrogen-bond acceptors (Lipinski definition) is 6. The lowest BCUT2D eigenvalue weighted by Crippen LogP contribution is -2.08. The van der Waals surface area contributed by atoms with Crippen LogP contribution in [0.25, 0.3) is 0 Å². The minimum atomic E-state index is -0.316. The molecule has 1 N–H and O–H groups in total. The first-order valence-corrected chi connectivity index (χ1v) is 5.52. The number of aromatic nitrogens is 2. The molecular formula is C9H15N3O2S. The average Bonchev–Trinajstić information content (AvgIpc) is 2.62. The number of rotatable bonds is 5. The third kappa shape index (κ3) is 4.24. The number of nitrogens with zero attached hydrogens (tertiary/aromatic N) is 2. The second-order valence-corrected chi connectivity index (χ2v) is 4.30. The molecule has 0 radical (unpaired) electrons. The van der Waals surface area contributed by atoms with Crippen LogP contribution in [0.1, 0.15) is 19.7 Å². The third-order valence-electron chi connectivity index (χ3n) is 1.66. The summed E-state index contributed by atoms with van der Waals surface area (Å²) < 4.78 is 8.58. The number of carbonyl (C=O) groups is 1. The Morgan fingerprint density at radius 1 is 1.60 bits per heavy atom. The highest BCUT2D eigenvalue weighted by Crippen LogP contribution is 2.12. The van der Waals surface area contributed by atoms with Gasteiger partial charge in [-0.1, -0.05) is 13.8 Å². The lowest BCUT2D eigenvalue weighted by atomic mass is 10.2. The fraction of sp³-hybridized carbons (Fsp3) is 0.667. The summed E-state index contributed by atoms with van der Waals surface area (Å²) in [6.45, 7) is 5.08. The van der Waals surface area contributed by atoms with Gasteiger partial charge in [-0.2, -0.15) is 4.37 Å². The quantitative estimate of drug-likeness (QED) is 0.771. The van der Waals surface area contributed by atoms with Gasteiger partial charge in [0.15, 0.2) is 5.82 Å². The fourth-order valence-corrected chi connectivity index (χ4v) is 1.48. The maximum Gasteiger partial charge on any atom is 0.313 e. The van der Waals surface area contributed by atoms with Crippen molar-refractivity contribution < 1.29 is 9.53 Å². The summed E-state index contributed by atoms with van der Waals surface area (Å²) in [6, 6.07) is 0. The van der Waals surface area contributed by atoms with E-state index in [4.69, 9.17) is 0 Å². The number of anilines is 1. The number of nitrogens with one attached hydrogen (secondary N) is 1. The lowest BCUT2D eigenvalue weighted by molar-refractivity contribution is -0.139. The molecule has 84 valence electrons. The Bertz CT molecular complexity index is 325. The largest absolute Gasteiger partial charge is 0.469 e. The second-order valence-electron chi connectivity index (χ2n) is 3.54. The van der Waals surface area contributed by atoms with Crippen LogP contribution < -0.4 is 5.32 Å². The highest BCUT2D eigenvalue weighted by atomic mass is 32.1. The normalized spacial score (nSPS) is 10.4. The molecule has 0 bridgehead atoms. The summed E-state index contributed by atoms with van der Waals surface area (Å²) in [6.07, 6.45) is 0.135.